The van der Waals surface area contributed by atoms with E-state index in [0.29, 0.717) is 6.54 Å². The third-order valence-corrected chi connectivity index (χ3v) is 4.58. The standard InChI is InChI=1S/C22H24N2O2/c25-21(14-13-17-7-2-1-3-8-17)23-16-15-22(26)24-20-12-6-10-18-9-4-5-11-19(18)20/h1-5,7-9,11,13-14,20H,6,10,12,15-16H2,(H,23,25)(H,24,26)/b14-13+/t20-/m1/s1. The fourth-order valence-electron chi connectivity index (χ4n) is 3.26. The van der Waals surface area contributed by atoms with Gasteiger partial charge in [0.05, 0.1) is 6.04 Å². The molecule has 26 heavy (non-hydrogen) atoms. The van der Waals surface area contributed by atoms with Crippen molar-refractivity contribution in [1.29, 1.82) is 0 Å². The molecule has 0 aromatic heterocycles. The van der Waals surface area contributed by atoms with Gasteiger partial charge in [-0.3, -0.25) is 9.59 Å². The van der Waals surface area contributed by atoms with Gasteiger partial charge in [0.25, 0.3) is 0 Å². The molecule has 2 aromatic carbocycles. The van der Waals surface area contributed by atoms with Gasteiger partial charge in [-0.25, -0.2) is 0 Å². The SMILES string of the molecule is O=C(/C=C/c1ccccc1)NCCC(=O)N[C@@H]1CCCc2ccccc21. The average Bonchev–Trinajstić information content (AvgIpc) is 2.67. The summed E-state index contributed by atoms with van der Waals surface area (Å²) < 4.78 is 0. The zero-order valence-corrected chi connectivity index (χ0v) is 14.8. The highest BCUT2D eigenvalue weighted by Gasteiger charge is 2.20. The van der Waals surface area contributed by atoms with Crippen molar-refractivity contribution in [3.63, 3.8) is 0 Å². The fourth-order valence-corrected chi connectivity index (χ4v) is 3.26. The molecular weight excluding hydrogens is 324 g/mol. The average molecular weight is 348 g/mol. The molecule has 2 N–H and O–H groups in total. The maximum atomic E-state index is 12.2. The Hall–Kier alpha value is -2.88. The molecule has 1 aliphatic carbocycles. The lowest BCUT2D eigenvalue weighted by atomic mass is 9.88. The van der Waals surface area contributed by atoms with E-state index in [1.807, 2.05) is 42.5 Å². The molecular formula is C22H24N2O2. The number of aryl methyl sites for hydroxylation is 1. The van der Waals surface area contributed by atoms with Crippen LogP contribution in [-0.2, 0) is 16.0 Å². The van der Waals surface area contributed by atoms with Crippen LogP contribution in [0.25, 0.3) is 6.08 Å². The molecule has 0 spiro atoms. The molecule has 0 bridgehead atoms. The molecule has 0 aliphatic heterocycles. The highest BCUT2D eigenvalue weighted by molar-refractivity contribution is 5.92. The molecule has 4 heteroatoms. The van der Waals surface area contributed by atoms with Crippen LogP contribution in [0, 0.1) is 0 Å². The van der Waals surface area contributed by atoms with Crippen molar-refractivity contribution in [2.45, 2.75) is 31.7 Å². The molecule has 1 atom stereocenters. The molecule has 0 fully saturated rings. The Morgan fingerprint density at radius 1 is 1.04 bits per heavy atom. The maximum absolute atomic E-state index is 12.2. The lowest BCUT2D eigenvalue weighted by Crippen LogP contribution is -2.33. The molecule has 0 heterocycles. The first-order valence-electron chi connectivity index (χ1n) is 9.10. The minimum absolute atomic E-state index is 0.0287. The smallest absolute Gasteiger partial charge is 0.244 e. The zero-order valence-electron chi connectivity index (χ0n) is 14.8. The highest BCUT2D eigenvalue weighted by atomic mass is 16.2. The first-order chi connectivity index (χ1) is 12.7. The molecule has 2 aromatic rings. The van der Waals surface area contributed by atoms with Gasteiger partial charge in [-0.1, -0.05) is 54.6 Å². The summed E-state index contributed by atoms with van der Waals surface area (Å²) in [4.78, 5) is 24.0. The van der Waals surface area contributed by atoms with Gasteiger partial charge in [0, 0.05) is 19.0 Å². The quantitative estimate of drug-likeness (QED) is 0.786. The van der Waals surface area contributed by atoms with E-state index in [4.69, 9.17) is 0 Å². The summed E-state index contributed by atoms with van der Waals surface area (Å²) in [6, 6.07) is 18.0. The number of hydrogen-bond donors (Lipinski definition) is 2. The minimum Gasteiger partial charge on any atom is -0.352 e. The van der Waals surface area contributed by atoms with E-state index in [0.717, 1.165) is 24.8 Å². The second kappa shape index (κ2) is 8.99. The van der Waals surface area contributed by atoms with Gasteiger partial charge < -0.3 is 10.6 Å². The summed E-state index contributed by atoms with van der Waals surface area (Å²) in [5.41, 5.74) is 3.52. The summed E-state index contributed by atoms with van der Waals surface area (Å²) >= 11 is 0. The molecule has 0 unspecified atom stereocenters. The van der Waals surface area contributed by atoms with Crippen LogP contribution < -0.4 is 10.6 Å². The van der Waals surface area contributed by atoms with Crippen molar-refractivity contribution < 1.29 is 9.59 Å². The Morgan fingerprint density at radius 3 is 2.65 bits per heavy atom. The lowest BCUT2D eigenvalue weighted by molar-refractivity contribution is -0.122. The minimum atomic E-state index is -0.190. The first-order valence-corrected chi connectivity index (χ1v) is 9.10. The van der Waals surface area contributed by atoms with Crippen molar-refractivity contribution >= 4 is 17.9 Å². The van der Waals surface area contributed by atoms with Crippen LogP contribution in [0.5, 0.6) is 0 Å². The van der Waals surface area contributed by atoms with Crippen molar-refractivity contribution in [2.24, 2.45) is 0 Å². The summed E-state index contributed by atoms with van der Waals surface area (Å²) in [7, 11) is 0. The maximum Gasteiger partial charge on any atom is 0.244 e. The Bertz CT molecular complexity index is 784. The van der Waals surface area contributed by atoms with Crippen molar-refractivity contribution in [3.05, 3.63) is 77.4 Å². The van der Waals surface area contributed by atoms with Crippen LogP contribution in [0.2, 0.25) is 0 Å². The van der Waals surface area contributed by atoms with Crippen LogP contribution in [0.3, 0.4) is 0 Å². The summed E-state index contributed by atoms with van der Waals surface area (Å²) in [5, 5.41) is 5.85. The molecule has 4 nitrogen and oxygen atoms in total. The number of rotatable bonds is 6. The number of benzene rings is 2. The summed E-state index contributed by atoms with van der Waals surface area (Å²) in [5.74, 6) is -0.219. The molecule has 134 valence electrons. The molecule has 3 rings (SSSR count). The second-order valence-electron chi connectivity index (χ2n) is 6.50. The second-order valence-corrected chi connectivity index (χ2v) is 6.50. The Morgan fingerprint density at radius 2 is 1.81 bits per heavy atom. The summed E-state index contributed by atoms with van der Waals surface area (Å²) in [6.07, 6.45) is 6.66. The lowest BCUT2D eigenvalue weighted by Gasteiger charge is -2.26. The Balaban J connectivity index is 1.42. The van der Waals surface area contributed by atoms with Gasteiger partial charge in [-0.05, 0) is 42.0 Å². The van der Waals surface area contributed by atoms with Gasteiger partial charge in [-0.2, -0.15) is 0 Å². The van der Waals surface area contributed by atoms with E-state index in [1.54, 1.807) is 6.08 Å². The van der Waals surface area contributed by atoms with Gasteiger partial charge >= 0.3 is 0 Å². The van der Waals surface area contributed by atoms with E-state index in [-0.39, 0.29) is 24.3 Å². The van der Waals surface area contributed by atoms with Crippen molar-refractivity contribution in [3.8, 4) is 0 Å². The van der Waals surface area contributed by atoms with Crippen molar-refractivity contribution in [2.75, 3.05) is 6.54 Å². The number of carbonyl (C=O) groups excluding carboxylic acids is 2. The Kier molecular flexibility index (Phi) is 6.20. The largest absolute Gasteiger partial charge is 0.352 e. The molecule has 0 radical (unpaired) electrons. The van der Waals surface area contributed by atoms with Gasteiger partial charge in [-0.15, -0.1) is 0 Å². The van der Waals surface area contributed by atoms with E-state index in [9.17, 15) is 9.59 Å². The number of hydrogen-bond acceptors (Lipinski definition) is 2. The first kappa shape index (κ1) is 17.9. The van der Waals surface area contributed by atoms with Gasteiger partial charge in [0.2, 0.25) is 11.8 Å². The topological polar surface area (TPSA) is 58.2 Å². The monoisotopic (exact) mass is 348 g/mol. The van der Waals surface area contributed by atoms with Crippen LogP contribution >= 0.6 is 0 Å². The van der Waals surface area contributed by atoms with E-state index >= 15 is 0 Å². The number of fused-ring (bicyclic) bond motifs is 1. The van der Waals surface area contributed by atoms with E-state index in [1.165, 1.54) is 17.2 Å². The third-order valence-electron chi connectivity index (χ3n) is 4.58. The zero-order chi connectivity index (χ0) is 18.2. The Labute approximate surface area is 154 Å². The number of amides is 2. The number of nitrogens with one attached hydrogen (secondary N) is 2. The van der Waals surface area contributed by atoms with E-state index < -0.39 is 0 Å². The molecule has 0 saturated heterocycles. The van der Waals surface area contributed by atoms with Crippen LogP contribution in [0.1, 0.15) is 42.0 Å². The van der Waals surface area contributed by atoms with Crippen molar-refractivity contribution in [1.82, 2.24) is 10.6 Å². The fraction of sp³-hybridized carbons (Fsp3) is 0.273. The van der Waals surface area contributed by atoms with Crippen LogP contribution in [-0.4, -0.2) is 18.4 Å². The van der Waals surface area contributed by atoms with Crippen LogP contribution in [0.15, 0.2) is 60.7 Å². The molecule has 1 aliphatic rings. The molecule has 0 saturated carbocycles. The van der Waals surface area contributed by atoms with Gasteiger partial charge in [0.15, 0.2) is 0 Å². The highest BCUT2D eigenvalue weighted by Crippen LogP contribution is 2.29. The predicted molar refractivity (Wildman–Crippen MR) is 103 cm³/mol. The normalized spacial score (nSPS) is 16.1. The van der Waals surface area contributed by atoms with E-state index in [2.05, 4.69) is 22.8 Å². The van der Waals surface area contributed by atoms with Crippen LogP contribution in [0.4, 0.5) is 0 Å². The van der Waals surface area contributed by atoms with Gasteiger partial charge in [0.1, 0.15) is 0 Å². The predicted octanol–water partition coefficient (Wildman–Crippen LogP) is 3.40. The number of carbonyl (C=O) groups is 2. The third kappa shape index (κ3) is 5.06. The summed E-state index contributed by atoms with van der Waals surface area (Å²) in [6.45, 7) is 0.332. The molecule has 2 amide bonds.